The van der Waals surface area contributed by atoms with Crippen LogP contribution in [-0.4, -0.2) is 5.84 Å². The summed E-state index contributed by atoms with van der Waals surface area (Å²) in [5.41, 5.74) is 10.5. The highest BCUT2D eigenvalue weighted by atomic mass is 15.0. The van der Waals surface area contributed by atoms with Crippen LogP contribution in [-0.2, 0) is 0 Å². The number of nitrogens with zero attached hydrogens (tertiary/aromatic N) is 1. The second-order valence-corrected chi connectivity index (χ2v) is 1.44. The van der Waals surface area contributed by atoms with Gasteiger partial charge in [-0.15, -0.1) is 0 Å². The van der Waals surface area contributed by atoms with Gasteiger partial charge >= 0.3 is 0 Å². The molecule has 0 aromatic carbocycles. The maximum atomic E-state index is 5.24. The lowest BCUT2D eigenvalue weighted by Gasteiger charge is -1.80. The molecule has 0 saturated heterocycles. The Kier molecular flexibility index (Phi) is 0.749. The van der Waals surface area contributed by atoms with Gasteiger partial charge < -0.3 is 11.5 Å². The number of amidine groups is 1. The van der Waals surface area contributed by atoms with Crippen molar-refractivity contribution in [2.75, 3.05) is 0 Å². The number of aliphatic imine (C=N–C) groups is 1. The van der Waals surface area contributed by atoms with E-state index in [2.05, 4.69) is 4.99 Å². The van der Waals surface area contributed by atoms with Crippen molar-refractivity contribution in [1.82, 2.24) is 0 Å². The van der Waals surface area contributed by atoms with Crippen molar-refractivity contribution in [3.8, 4) is 0 Å². The molecule has 3 nitrogen and oxygen atoms in total. The molecule has 1 aliphatic rings. The zero-order valence-corrected chi connectivity index (χ0v) is 3.89. The molecule has 1 rings (SSSR count). The summed E-state index contributed by atoms with van der Waals surface area (Å²) < 4.78 is 0. The molecule has 1 heterocycles. The highest BCUT2D eigenvalue weighted by Gasteiger charge is 1.97. The lowest BCUT2D eigenvalue weighted by Crippen LogP contribution is -2.06. The van der Waals surface area contributed by atoms with E-state index in [1.807, 2.05) is 0 Å². The van der Waals surface area contributed by atoms with Crippen LogP contribution in [0.4, 0.5) is 0 Å². The maximum absolute atomic E-state index is 5.24. The monoisotopic (exact) mass is 97.1 g/mol. The average molecular weight is 97.1 g/mol. The first-order chi connectivity index (χ1) is 3.29. The van der Waals surface area contributed by atoms with Gasteiger partial charge in [0, 0.05) is 6.42 Å². The largest absolute Gasteiger partial charge is 0.387 e. The van der Waals surface area contributed by atoms with Crippen LogP contribution in [0.15, 0.2) is 16.9 Å². The van der Waals surface area contributed by atoms with Crippen LogP contribution in [0.2, 0.25) is 0 Å². The fourth-order valence-corrected chi connectivity index (χ4v) is 0.466. The zero-order chi connectivity index (χ0) is 5.28. The van der Waals surface area contributed by atoms with Gasteiger partial charge in [0.15, 0.2) is 0 Å². The van der Waals surface area contributed by atoms with Crippen molar-refractivity contribution in [2.45, 2.75) is 6.42 Å². The Hall–Kier alpha value is -0.990. The highest BCUT2D eigenvalue weighted by Crippen LogP contribution is 1.99. The lowest BCUT2D eigenvalue weighted by atomic mass is 10.4. The Morgan fingerprint density at radius 3 is 2.43 bits per heavy atom. The zero-order valence-electron chi connectivity index (χ0n) is 3.89. The van der Waals surface area contributed by atoms with E-state index in [4.69, 9.17) is 11.5 Å². The summed E-state index contributed by atoms with van der Waals surface area (Å²) in [6.07, 6.45) is 2.50. The molecule has 0 saturated carbocycles. The number of nitrogens with two attached hydrogens (primary N) is 2. The molecule has 0 fully saturated rings. The van der Waals surface area contributed by atoms with Gasteiger partial charge in [0.2, 0.25) is 0 Å². The standard InChI is InChI=1S/C4H7N3/c5-3-1-2-4(6)7-3/h1H,2,5H2,(H2,6,7). The fourth-order valence-electron chi connectivity index (χ4n) is 0.466. The van der Waals surface area contributed by atoms with Crippen molar-refractivity contribution in [1.29, 1.82) is 0 Å². The predicted octanol–water partition coefficient (Wildman–Crippen LogP) is -0.453. The molecule has 7 heavy (non-hydrogen) atoms. The third-order valence-corrected chi connectivity index (χ3v) is 0.793. The van der Waals surface area contributed by atoms with E-state index in [-0.39, 0.29) is 0 Å². The Morgan fingerprint density at radius 1 is 1.57 bits per heavy atom. The quantitative estimate of drug-likeness (QED) is 0.430. The molecule has 3 heteroatoms. The molecule has 4 N–H and O–H groups in total. The Labute approximate surface area is 41.7 Å². The summed E-state index contributed by atoms with van der Waals surface area (Å²) in [7, 11) is 0. The summed E-state index contributed by atoms with van der Waals surface area (Å²) in [5.74, 6) is 1.15. The molecule has 1 aliphatic heterocycles. The van der Waals surface area contributed by atoms with Gasteiger partial charge in [-0.2, -0.15) is 0 Å². The fraction of sp³-hybridized carbons (Fsp3) is 0.250. The molecule has 0 unspecified atom stereocenters. The molecule has 0 aromatic rings. The smallest absolute Gasteiger partial charge is 0.121 e. The van der Waals surface area contributed by atoms with Gasteiger partial charge in [-0.05, 0) is 6.08 Å². The van der Waals surface area contributed by atoms with Crippen LogP contribution < -0.4 is 11.5 Å². The summed E-state index contributed by atoms with van der Waals surface area (Å²) in [4.78, 5) is 3.72. The van der Waals surface area contributed by atoms with Gasteiger partial charge in [-0.3, -0.25) is 0 Å². The van der Waals surface area contributed by atoms with E-state index in [0.717, 1.165) is 0 Å². The van der Waals surface area contributed by atoms with Gasteiger partial charge in [-0.25, -0.2) is 4.99 Å². The summed E-state index contributed by atoms with van der Waals surface area (Å²) in [5, 5.41) is 0. The van der Waals surface area contributed by atoms with Crippen LogP contribution in [0.1, 0.15) is 6.42 Å². The molecule has 0 atom stereocenters. The normalized spacial score (nSPS) is 18.9. The van der Waals surface area contributed by atoms with Crippen LogP contribution in [0, 0.1) is 0 Å². The van der Waals surface area contributed by atoms with E-state index in [1.54, 1.807) is 6.08 Å². The second kappa shape index (κ2) is 1.26. The van der Waals surface area contributed by atoms with Crippen molar-refractivity contribution < 1.29 is 0 Å². The molecule has 0 amide bonds. The topological polar surface area (TPSA) is 64.4 Å². The first-order valence-corrected chi connectivity index (χ1v) is 2.08. The van der Waals surface area contributed by atoms with E-state index in [1.165, 1.54) is 0 Å². The summed E-state index contributed by atoms with van der Waals surface area (Å²) in [6.45, 7) is 0. The van der Waals surface area contributed by atoms with Crippen molar-refractivity contribution in [3.63, 3.8) is 0 Å². The molecule has 0 radical (unpaired) electrons. The van der Waals surface area contributed by atoms with Crippen LogP contribution >= 0.6 is 0 Å². The van der Waals surface area contributed by atoms with Crippen LogP contribution in [0.5, 0.6) is 0 Å². The number of hydrogen-bond donors (Lipinski definition) is 2. The Morgan fingerprint density at radius 2 is 2.29 bits per heavy atom. The van der Waals surface area contributed by atoms with Crippen molar-refractivity contribution >= 4 is 5.84 Å². The molecule has 0 aliphatic carbocycles. The minimum Gasteiger partial charge on any atom is -0.387 e. The van der Waals surface area contributed by atoms with Crippen LogP contribution in [0.3, 0.4) is 0 Å². The van der Waals surface area contributed by atoms with Gasteiger partial charge in [0.1, 0.15) is 11.7 Å². The van der Waals surface area contributed by atoms with Crippen molar-refractivity contribution in [3.05, 3.63) is 11.9 Å². The highest BCUT2D eigenvalue weighted by molar-refractivity contribution is 5.84. The van der Waals surface area contributed by atoms with Crippen molar-refractivity contribution in [2.24, 2.45) is 16.5 Å². The molecule has 0 spiro atoms. The maximum Gasteiger partial charge on any atom is 0.121 e. The minimum absolute atomic E-state index is 0.539. The minimum atomic E-state index is 0.539. The molecule has 0 aromatic heterocycles. The van der Waals surface area contributed by atoms with Gasteiger partial charge in [0.05, 0.1) is 0 Å². The summed E-state index contributed by atoms with van der Waals surface area (Å²) in [6, 6.07) is 0. The van der Waals surface area contributed by atoms with E-state index >= 15 is 0 Å². The van der Waals surface area contributed by atoms with E-state index in [0.29, 0.717) is 18.1 Å². The number of hydrogen-bond acceptors (Lipinski definition) is 3. The first kappa shape index (κ1) is 4.18. The Balaban J connectivity index is 2.69. The molecular formula is C4H7N3. The van der Waals surface area contributed by atoms with E-state index in [9.17, 15) is 0 Å². The second-order valence-electron chi connectivity index (χ2n) is 1.44. The summed E-state index contributed by atoms with van der Waals surface area (Å²) >= 11 is 0. The van der Waals surface area contributed by atoms with Gasteiger partial charge in [-0.1, -0.05) is 0 Å². The first-order valence-electron chi connectivity index (χ1n) is 2.08. The van der Waals surface area contributed by atoms with Gasteiger partial charge in [0.25, 0.3) is 0 Å². The molecule has 0 bridgehead atoms. The van der Waals surface area contributed by atoms with E-state index < -0.39 is 0 Å². The average Bonchev–Trinajstić information content (AvgIpc) is 1.87. The number of rotatable bonds is 0. The SMILES string of the molecule is NC1=CCC(N)=N1. The third kappa shape index (κ3) is 0.707. The molecule has 38 valence electrons. The van der Waals surface area contributed by atoms with Crippen LogP contribution in [0.25, 0.3) is 0 Å². The lowest BCUT2D eigenvalue weighted by molar-refractivity contribution is 1.26. The predicted molar refractivity (Wildman–Crippen MR) is 28.5 cm³/mol. The third-order valence-electron chi connectivity index (χ3n) is 0.793. The molecular weight excluding hydrogens is 90.1 g/mol. The Bertz CT molecular complexity index is 134.